The van der Waals surface area contributed by atoms with Crippen molar-refractivity contribution >= 4 is 16.9 Å². The molecule has 0 aliphatic rings. The maximum Gasteiger partial charge on any atom is 0.316 e. The van der Waals surface area contributed by atoms with Crippen LogP contribution in [0.4, 0.5) is 0 Å². The summed E-state index contributed by atoms with van der Waals surface area (Å²) < 4.78 is 11.5. The van der Waals surface area contributed by atoms with Crippen molar-refractivity contribution in [2.24, 2.45) is 5.41 Å². The first-order chi connectivity index (χ1) is 12.3. The molecule has 2 aromatic carbocycles. The van der Waals surface area contributed by atoms with Crippen LogP contribution in [0.25, 0.3) is 22.3 Å². The van der Waals surface area contributed by atoms with Gasteiger partial charge in [0.2, 0.25) is 11.2 Å². The van der Waals surface area contributed by atoms with Crippen molar-refractivity contribution in [3.63, 3.8) is 0 Å². The SMILES string of the molecule is CCc1ccc2oc(-c3ccccc3)c(OC(=O)C(C)(C)C)c(=O)c2c1. The fraction of sp³-hybridized carbons (Fsp3) is 0.273. The van der Waals surface area contributed by atoms with E-state index in [2.05, 4.69) is 0 Å². The molecular weight excluding hydrogens is 328 g/mol. The zero-order valence-corrected chi connectivity index (χ0v) is 15.5. The van der Waals surface area contributed by atoms with Crippen LogP contribution in [0.5, 0.6) is 5.75 Å². The molecule has 0 amide bonds. The van der Waals surface area contributed by atoms with Gasteiger partial charge in [0.1, 0.15) is 5.58 Å². The van der Waals surface area contributed by atoms with Crippen LogP contribution >= 0.6 is 0 Å². The van der Waals surface area contributed by atoms with Gasteiger partial charge in [-0.2, -0.15) is 0 Å². The molecule has 134 valence electrons. The summed E-state index contributed by atoms with van der Waals surface area (Å²) in [7, 11) is 0. The minimum Gasteiger partial charge on any atom is -0.452 e. The molecule has 3 rings (SSSR count). The Bertz CT molecular complexity index is 1010. The monoisotopic (exact) mass is 350 g/mol. The maximum atomic E-state index is 13.1. The average molecular weight is 350 g/mol. The summed E-state index contributed by atoms with van der Waals surface area (Å²) in [6, 6.07) is 14.7. The van der Waals surface area contributed by atoms with Gasteiger partial charge in [-0.25, -0.2) is 0 Å². The number of carbonyl (C=O) groups excluding carboxylic acids is 1. The maximum absolute atomic E-state index is 13.1. The number of fused-ring (bicyclic) bond motifs is 1. The quantitative estimate of drug-likeness (QED) is 0.626. The van der Waals surface area contributed by atoms with Crippen LogP contribution in [0.3, 0.4) is 0 Å². The van der Waals surface area contributed by atoms with E-state index in [1.165, 1.54) is 0 Å². The lowest BCUT2D eigenvalue weighted by Crippen LogP contribution is -2.28. The van der Waals surface area contributed by atoms with Crippen LogP contribution < -0.4 is 10.2 Å². The highest BCUT2D eigenvalue weighted by Crippen LogP contribution is 2.32. The highest BCUT2D eigenvalue weighted by Gasteiger charge is 2.28. The van der Waals surface area contributed by atoms with Crippen molar-refractivity contribution in [2.75, 3.05) is 0 Å². The van der Waals surface area contributed by atoms with Crippen LogP contribution in [0.15, 0.2) is 57.7 Å². The van der Waals surface area contributed by atoms with Gasteiger partial charge in [0.15, 0.2) is 5.76 Å². The van der Waals surface area contributed by atoms with Crippen LogP contribution in [-0.2, 0) is 11.2 Å². The molecule has 0 bridgehead atoms. The summed E-state index contributed by atoms with van der Waals surface area (Å²) in [5.41, 5.74) is 1.11. The molecule has 0 aliphatic heterocycles. The molecule has 4 heteroatoms. The van der Waals surface area contributed by atoms with Gasteiger partial charge in [-0.05, 0) is 44.9 Å². The van der Waals surface area contributed by atoms with E-state index in [9.17, 15) is 9.59 Å². The van der Waals surface area contributed by atoms with E-state index in [4.69, 9.17) is 9.15 Å². The standard InChI is InChI=1S/C22H22O4/c1-5-14-11-12-17-16(13-14)18(23)20(26-21(24)22(2,3)4)19(25-17)15-9-7-6-8-10-15/h6-13H,5H2,1-4H3. The number of carbonyl (C=O) groups is 1. The number of ether oxygens (including phenoxy) is 1. The minimum atomic E-state index is -0.735. The Morgan fingerprint density at radius 1 is 1.08 bits per heavy atom. The molecular formula is C22H22O4. The number of esters is 1. The van der Waals surface area contributed by atoms with Gasteiger partial charge in [-0.15, -0.1) is 0 Å². The molecule has 4 nitrogen and oxygen atoms in total. The van der Waals surface area contributed by atoms with E-state index >= 15 is 0 Å². The Kier molecular flexibility index (Phi) is 4.68. The van der Waals surface area contributed by atoms with Crippen LogP contribution in [0.2, 0.25) is 0 Å². The molecule has 0 saturated carbocycles. The smallest absolute Gasteiger partial charge is 0.316 e. The normalized spacial score (nSPS) is 11.5. The van der Waals surface area contributed by atoms with Crippen LogP contribution in [0.1, 0.15) is 33.3 Å². The van der Waals surface area contributed by atoms with Crippen molar-refractivity contribution in [3.05, 3.63) is 64.3 Å². The summed E-state index contributed by atoms with van der Waals surface area (Å²) in [5, 5.41) is 0.417. The lowest BCUT2D eigenvalue weighted by molar-refractivity contribution is -0.143. The third-order valence-electron chi connectivity index (χ3n) is 4.16. The molecule has 3 aromatic rings. The molecule has 0 radical (unpaired) electrons. The first-order valence-electron chi connectivity index (χ1n) is 8.68. The third kappa shape index (κ3) is 3.40. The highest BCUT2D eigenvalue weighted by atomic mass is 16.5. The number of hydrogen-bond donors (Lipinski definition) is 0. The summed E-state index contributed by atoms with van der Waals surface area (Å²) in [6.07, 6.45) is 0.799. The van der Waals surface area contributed by atoms with E-state index in [1.807, 2.05) is 43.3 Å². The lowest BCUT2D eigenvalue weighted by atomic mass is 9.97. The summed E-state index contributed by atoms with van der Waals surface area (Å²) in [6.45, 7) is 7.25. The number of benzene rings is 2. The van der Waals surface area contributed by atoms with Gasteiger partial charge < -0.3 is 9.15 Å². The molecule has 0 atom stereocenters. The fourth-order valence-electron chi connectivity index (χ4n) is 2.56. The molecule has 1 aromatic heterocycles. The number of rotatable bonds is 3. The van der Waals surface area contributed by atoms with Crippen molar-refractivity contribution < 1.29 is 13.9 Å². The van der Waals surface area contributed by atoms with Gasteiger partial charge in [0.25, 0.3) is 0 Å². The average Bonchev–Trinajstić information content (AvgIpc) is 2.63. The number of hydrogen-bond acceptors (Lipinski definition) is 4. The topological polar surface area (TPSA) is 56.5 Å². The second kappa shape index (κ2) is 6.79. The van der Waals surface area contributed by atoms with Gasteiger partial charge in [-0.1, -0.05) is 43.3 Å². The van der Waals surface area contributed by atoms with E-state index in [-0.39, 0.29) is 16.9 Å². The molecule has 0 N–H and O–H groups in total. The van der Waals surface area contributed by atoms with E-state index < -0.39 is 11.4 Å². The molecule has 0 spiro atoms. The second-order valence-corrected chi connectivity index (χ2v) is 7.28. The summed E-state index contributed by atoms with van der Waals surface area (Å²) >= 11 is 0. The third-order valence-corrected chi connectivity index (χ3v) is 4.16. The van der Waals surface area contributed by atoms with E-state index in [0.29, 0.717) is 16.5 Å². The van der Waals surface area contributed by atoms with Crippen molar-refractivity contribution in [1.82, 2.24) is 0 Å². The van der Waals surface area contributed by atoms with Crippen molar-refractivity contribution in [1.29, 1.82) is 0 Å². The van der Waals surface area contributed by atoms with E-state index in [1.54, 1.807) is 32.9 Å². The van der Waals surface area contributed by atoms with Crippen molar-refractivity contribution in [2.45, 2.75) is 34.1 Å². The van der Waals surface area contributed by atoms with E-state index in [0.717, 1.165) is 12.0 Å². The zero-order chi connectivity index (χ0) is 18.9. The molecule has 0 aliphatic carbocycles. The Hall–Kier alpha value is -2.88. The first-order valence-corrected chi connectivity index (χ1v) is 8.68. The Labute approximate surface area is 152 Å². The summed E-state index contributed by atoms with van der Waals surface area (Å²) in [4.78, 5) is 25.5. The van der Waals surface area contributed by atoms with Gasteiger partial charge in [0, 0.05) is 5.56 Å². The largest absolute Gasteiger partial charge is 0.452 e. The number of aryl methyl sites for hydroxylation is 1. The zero-order valence-electron chi connectivity index (χ0n) is 15.5. The minimum absolute atomic E-state index is 0.0584. The van der Waals surface area contributed by atoms with Gasteiger partial charge in [0.05, 0.1) is 10.8 Å². The second-order valence-electron chi connectivity index (χ2n) is 7.28. The van der Waals surface area contributed by atoms with Crippen molar-refractivity contribution in [3.8, 4) is 17.1 Å². The highest BCUT2D eigenvalue weighted by molar-refractivity contribution is 5.85. The molecule has 0 fully saturated rings. The lowest BCUT2D eigenvalue weighted by Gasteiger charge is -2.17. The van der Waals surface area contributed by atoms with Gasteiger partial charge in [-0.3, -0.25) is 9.59 Å². The molecule has 26 heavy (non-hydrogen) atoms. The Morgan fingerprint density at radius 2 is 1.77 bits per heavy atom. The van der Waals surface area contributed by atoms with Gasteiger partial charge >= 0.3 is 5.97 Å². The predicted molar refractivity (Wildman–Crippen MR) is 102 cm³/mol. The van der Waals surface area contributed by atoms with Crippen LogP contribution in [-0.4, -0.2) is 5.97 Å². The first kappa shape index (κ1) is 17.9. The fourth-order valence-corrected chi connectivity index (χ4v) is 2.56. The summed E-state index contributed by atoms with van der Waals surface area (Å²) in [5.74, 6) is -0.269. The van der Waals surface area contributed by atoms with Crippen LogP contribution in [0, 0.1) is 5.41 Å². The Balaban J connectivity index is 2.28. The molecule has 0 unspecified atom stereocenters. The Morgan fingerprint density at radius 3 is 2.38 bits per heavy atom. The molecule has 0 saturated heterocycles. The molecule has 1 heterocycles. The predicted octanol–water partition coefficient (Wildman–Crippen LogP) is 4.97.